The molecule has 3 aromatic rings. The third-order valence-corrected chi connectivity index (χ3v) is 3.74. The van der Waals surface area contributed by atoms with Crippen LogP contribution in [0.4, 0.5) is 17.1 Å². The normalized spacial score (nSPS) is 10.2. The van der Waals surface area contributed by atoms with Gasteiger partial charge in [0.2, 0.25) is 0 Å². The van der Waals surface area contributed by atoms with E-state index in [1.165, 1.54) is 0 Å². The smallest absolute Gasteiger partial charge is 0.274 e. The number of amides is 1. The molecular weight excluding hydrogens is 322 g/mol. The fraction of sp³-hybridized carbons (Fsp3) is 0.0526. The van der Waals surface area contributed by atoms with Gasteiger partial charge in [-0.25, -0.2) is 4.98 Å². The van der Waals surface area contributed by atoms with Crippen molar-refractivity contribution in [3.05, 3.63) is 83.1 Å². The van der Waals surface area contributed by atoms with Gasteiger partial charge in [0.15, 0.2) is 0 Å². The number of hydrogen-bond donors (Lipinski definition) is 2. The summed E-state index contributed by atoms with van der Waals surface area (Å²) in [7, 11) is 0. The first-order chi connectivity index (χ1) is 11.6. The molecule has 3 rings (SSSR count). The first kappa shape index (κ1) is 16.0. The number of nitrogens with one attached hydrogen (secondary N) is 2. The molecule has 0 aliphatic carbocycles. The summed E-state index contributed by atoms with van der Waals surface area (Å²) in [6.07, 6.45) is 1.63. The van der Waals surface area contributed by atoms with Gasteiger partial charge in [-0.1, -0.05) is 35.9 Å². The number of benzene rings is 2. The van der Waals surface area contributed by atoms with Crippen LogP contribution in [0, 0.1) is 6.92 Å². The molecule has 1 heterocycles. The Bertz CT molecular complexity index is 848. The number of aryl methyl sites for hydroxylation is 1. The predicted molar refractivity (Wildman–Crippen MR) is 98.1 cm³/mol. The van der Waals surface area contributed by atoms with Crippen molar-refractivity contribution in [1.82, 2.24) is 4.98 Å². The van der Waals surface area contributed by atoms with Crippen LogP contribution in [0.2, 0.25) is 5.02 Å². The lowest BCUT2D eigenvalue weighted by molar-refractivity contribution is 0.102. The maximum atomic E-state index is 12.3. The van der Waals surface area contributed by atoms with Crippen molar-refractivity contribution in [3.63, 3.8) is 0 Å². The van der Waals surface area contributed by atoms with Crippen molar-refractivity contribution in [2.24, 2.45) is 0 Å². The van der Waals surface area contributed by atoms with Crippen molar-refractivity contribution < 1.29 is 4.79 Å². The van der Waals surface area contributed by atoms with E-state index in [1.807, 2.05) is 49.4 Å². The van der Waals surface area contributed by atoms with Crippen LogP contribution >= 0.6 is 11.6 Å². The highest BCUT2D eigenvalue weighted by atomic mass is 35.5. The van der Waals surface area contributed by atoms with Crippen LogP contribution in [-0.4, -0.2) is 10.9 Å². The fourth-order valence-corrected chi connectivity index (χ4v) is 2.38. The average molecular weight is 338 g/mol. The second-order valence-corrected chi connectivity index (χ2v) is 5.77. The van der Waals surface area contributed by atoms with Gasteiger partial charge in [0.05, 0.1) is 11.9 Å². The second-order valence-electron chi connectivity index (χ2n) is 5.34. The van der Waals surface area contributed by atoms with E-state index in [0.29, 0.717) is 16.4 Å². The number of carbonyl (C=O) groups excluding carboxylic acids is 1. The molecule has 2 N–H and O–H groups in total. The standard InChI is InChI=1S/C19H16ClN3O/c1-13-7-8-14(20)11-18(13)23-19(24)17-10-9-16(12-21-17)22-15-5-3-2-4-6-15/h2-12,22H,1H3,(H,23,24). The number of hydrogen-bond acceptors (Lipinski definition) is 3. The molecule has 0 aliphatic rings. The minimum Gasteiger partial charge on any atom is -0.354 e. The maximum absolute atomic E-state index is 12.3. The van der Waals surface area contributed by atoms with Crippen LogP contribution in [0.5, 0.6) is 0 Å². The van der Waals surface area contributed by atoms with Crippen molar-refractivity contribution in [3.8, 4) is 0 Å². The molecule has 0 atom stereocenters. The third-order valence-electron chi connectivity index (χ3n) is 3.51. The minimum atomic E-state index is -0.272. The van der Waals surface area contributed by atoms with Crippen molar-refractivity contribution in [2.75, 3.05) is 10.6 Å². The lowest BCUT2D eigenvalue weighted by Gasteiger charge is -2.09. The summed E-state index contributed by atoms with van der Waals surface area (Å²) in [5, 5.41) is 6.63. The highest BCUT2D eigenvalue weighted by Crippen LogP contribution is 2.21. The van der Waals surface area contributed by atoms with E-state index in [-0.39, 0.29) is 5.91 Å². The molecule has 0 unspecified atom stereocenters. The molecule has 0 saturated heterocycles. The molecule has 0 spiro atoms. The summed E-state index contributed by atoms with van der Waals surface area (Å²) in [6, 6.07) is 18.6. The first-order valence-electron chi connectivity index (χ1n) is 7.47. The molecule has 24 heavy (non-hydrogen) atoms. The topological polar surface area (TPSA) is 54.0 Å². The quantitative estimate of drug-likeness (QED) is 0.701. The Morgan fingerprint density at radius 2 is 1.79 bits per heavy atom. The van der Waals surface area contributed by atoms with Gasteiger partial charge in [0.1, 0.15) is 5.69 Å². The first-order valence-corrected chi connectivity index (χ1v) is 7.85. The predicted octanol–water partition coefficient (Wildman–Crippen LogP) is 5.04. The number of pyridine rings is 1. The van der Waals surface area contributed by atoms with E-state index in [9.17, 15) is 4.79 Å². The molecule has 2 aromatic carbocycles. The lowest BCUT2D eigenvalue weighted by Crippen LogP contribution is -2.14. The molecule has 0 fully saturated rings. The summed E-state index contributed by atoms with van der Waals surface area (Å²) in [4.78, 5) is 16.5. The van der Waals surface area contributed by atoms with Crippen molar-refractivity contribution in [1.29, 1.82) is 0 Å². The third kappa shape index (κ3) is 3.91. The van der Waals surface area contributed by atoms with Gasteiger partial charge in [0.25, 0.3) is 5.91 Å². The van der Waals surface area contributed by atoms with E-state index in [2.05, 4.69) is 15.6 Å². The van der Waals surface area contributed by atoms with Gasteiger partial charge < -0.3 is 10.6 Å². The van der Waals surface area contributed by atoms with Crippen LogP contribution in [0.15, 0.2) is 66.9 Å². The molecule has 1 aromatic heterocycles. The molecular formula is C19H16ClN3O. The molecule has 120 valence electrons. The van der Waals surface area contributed by atoms with Gasteiger partial charge in [-0.15, -0.1) is 0 Å². The Morgan fingerprint density at radius 3 is 2.50 bits per heavy atom. The number of anilines is 3. The average Bonchev–Trinajstić information content (AvgIpc) is 2.60. The fourth-order valence-electron chi connectivity index (χ4n) is 2.21. The van der Waals surface area contributed by atoms with Crippen LogP contribution in [-0.2, 0) is 0 Å². The van der Waals surface area contributed by atoms with E-state index < -0.39 is 0 Å². The Hall–Kier alpha value is -2.85. The van der Waals surface area contributed by atoms with Gasteiger partial charge in [-0.3, -0.25) is 4.79 Å². The van der Waals surface area contributed by atoms with E-state index in [4.69, 9.17) is 11.6 Å². The number of para-hydroxylation sites is 1. The monoisotopic (exact) mass is 337 g/mol. The van der Waals surface area contributed by atoms with E-state index in [1.54, 1.807) is 24.4 Å². The van der Waals surface area contributed by atoms with Gasteiger partial charge in [0, 0.05) is 16.4 Å². The zero-order valence-corrected chi connectivity index (χ0v) is 13.8. The molecule has 0 bridgehead atoms. The number of carbonyl (C=O) groups is 1. The molecule has 5 heteroatoms. The summed E-state index contributed by atoms with van der Waals surface area (Å²) in [5.74, 6) is -0.272. The van der Waals surface area contributed by atoms with Crippen LogP contribution in [0.3, 0.4) is 0 Å². The number of nitrogens with zero attached hydrogens (tertiary/aromatic N) is 1. The van der Waals surface area contributed by atoms with Crippen LogP contribution in [0.25, 0.3) is 0 Å². The summed E-state index contributed by atoms with van der Waals surface area (Å²) in [6.45, 7) is 1.91. The summed E-state index contributed by atoms with van der Waals surface area (Å²) >= 11 is 5.97. The zero-order valence-electron chi connectivity index (χ0n) is 13.1. The van der Waals surface area contributed by atoms with Crippen LogP contribution < -0.4 is 10.6 Å². The summed E-state index contributed by atoms with van der Waals surface area (Å²) < 4.78 is 0. The highest BCUT2D eigenvalue weighted by Gasteiger charge is 2.09. The zero-order chi connectivity index (χ0) is 16.9. The van der Waals surface area contributed by atoms with Crippen LogP contribution in [0.1, 0.15) is 16.1 Å². The van der Waals surface area contributed by atoms with Gasteiger partial charge in [-0.2, -0.15) is 0 Å². The molecule has 0 aliphatic heterocycles. The summed E-state index contributed by atoms with van der Waals surface area (Å²) in [5.41, 5.74) is 3.74. The number of halogens is 1. The Morgan fingerprint density at radius 1 is 1.00 bits per heavy atom. The Labute approximate surface area is 145 Å². The number of rotatable bonds is 4. The molecule has 0 saturated carbocycles. The largest absolute Gasteiger partial charge is 0.354 e. The van der Waals surface area contributed by atoms with Crippen molar-refractivity contribution >= 4 is 34.6 Å². The SMILES string of the molecule is Cc1ccc(Cl)cc1NC(=O)c1ccc(Nc2ccccc2)cn1. The maximum Gasteiger partial charge on any atom is 0.274 e. The van der Waals surface area contributed by atoms with Crippen molar-refractivity contribution in [2.45, 2.75) is 6.92 Å². The Kier molecular flexibility index (Phi) is 4.77. The molecule has 1 amide bonds. The van der Waals surface area contributed by atoms with Gasteiger partial charge >= 0.3 is 0 Å². The molecule has 4 nitrogen and oxygen atoms in total. The minimum absolute atomic E-state index is 0.272. The van der Waals surface area contributed by atoms with Gasteiger partial charge in [-0.05, 0) is 48.9 Å². The molecule has 0 radical (unpaired) electrons. The lowest BCUT2D eigenvalue weighted by atomic mass is 10.2. The Balaban J connectivity index is 1.71. The second kappa shape index (κ2) is 7.15. The van der Waals surface area contributed by atoms with E-state index >= 15 is 0 Å². The highest BCUT2D eigenvalue weighted by molar-refractivity contribution is 6.31. The number of aromatic nitrogens is 1. The van der Waals surface area contributed by atoms with E-state index in [0.717, 1.165) is 16.9 Å².